The van der Waals surface area contributed by atoms with E-state index in [1.807, 2.05) is 12.1 Å². The van der Waals surface area contributed by atoms with E-state index in [9.17, 15) is 0 Å². The molecule has 0 amide bonds. The molecular weight excluding hydrogens is 260 g/mol. The van der Waals surface area contributed by atoms with Gasteiger partial charge in [-0.3, -0.25) is 4.90 Å². The summed E-state index contributed by atoms with van der Waals surface area (Å²) in [5.74, 6) is 0. The van der Waals surface area contributed by atoms with Crippen LogP contribution in [-0.4, -0.2) is 35.7 Å². The van der Waals surface area contributed by atoms with Crippen molar-refractivity contribution in [2.24, 2.45) is 5.73 Å². The van der Waals surface area contributed by atoms with Crippen LogP contribution in [0.1, 0.15) is 37.3 Å². The van der Waals surface area contributed by atoms with Crippen molar-refractivity contribution in [1.82, 2.24) is 4.90 Å². The Hall–Kier alpha value is -0.610. The molecule has 3 nitrogen and oxygen atoms in total. The molecule has 3 N–H and O–H groups in total. The third-order valence-corrected chi connectivity index (χ3v) is 4.25. The van der Waals surface area contributed by atoms with Crippen LogP contribution in [0, 0.1) is 0 Å². The summed E-state index contributed by atoms with van der Waals surface area (Å²) in [6, 6.07) is 8.82. The highest BCUT2D eigenvalue weighted by Crippen LogP contribution is 2.31. The summed E-state index contributed by atoms with van der Waals surface area (Å²) in [5.41, 5.74) is 7.23. The fourth-order valence-corrected chi connectivity index (χ4v) is 3.18. The highest BCUT2D eigenvalue weighted by Gasteiger charge is 2.30. The van der Waals surface area contributed by atoms with E-state index in [1.165, 1.54) is 18.4 Å². The summed E-state index contributed by atoms with van der Waals surface area (Å²) in [6.07, 6.45) is 4.37. The summed E-state index contributed by atoms with van der Waals surface area (Å²) in [6.45, 7) is 2.00. The van der Waals surface area contributed by atoms with Crippen molar-refractivity contribution >= 4 is 11.6 Å². The SMILES string of the molecule is NCC(c1ccc(Cl)cc1)N1CCCC1CCCO. The summed E-state index contributed by atoms with van der Waals surface area (Å²) >= 11 is 5.94. The van der Waals surface area contributed by atoms with Gasteiger partial charge in [0.15, 0.2) is 0 Å². The molecule has 1 aliphatic rings. The molecule has 0 radical (unpaired) electrons. The Bertz CT molecular complexity index is 382. The quantitative estimate of drug-likeness (QED) is 0.843. The predicted octanol–water partition coefficient (Wildman–Crippen LogP) is 2.58. The number of hydrogen-bond acceptors (Lipinski definition) is 3. The minimum atomic E-state index is 0.267. The molecule has 1 saturated heterocycles. The van der Waals surface area contributed by atoms with Crippen molar-refractivity contribution in [1.29, 1.82) is 0 Å². The Balaban J connectivity index is 2.09. The molecule has 1 aliphatic heterocycles. The van der Waals surface area contributed by atoms with E-state index in [1.54, 1.807) is 0 Å². The Morgan fingerprint density at radius 2 is 2.11 bits per heavy atom. The van der Waals surface area contributed by atoms with Gasteiger partial charge in [0.25, 0.3) is 0 Å². The third kappa shape index (κ3) is 3.69. The standard InChI is InChI=1S/C15H23ClN2O/c16-13-7-5-12(6-8-13)15(11-17)18-9-1-3-14(18)4-2-10-19/h5-8,14-15,19H,1-4,9-11,17H2. The first-order valence-corrected chi connectivity index (χ1v) is 7.46. The monoisotopic (exact) mass is 282 g/mol. The number of nitrogens with two attached hydrogens (primary N) is 1. The van der Waals surface area contributed by atoms with Crippen molar-refractivity contribution in [2.45, 2.75) is 37.8 Å². The second-order valence-corrected chi connectivity index (χ2v) is 5.64. The zero-order valence-electron chi connectivity index (χ0n) is 11.3. The smallest absolute Gasteiger partial charge is 0.0473 e. The molecule has 0 bridgehead atoms. The zero-order valence-corrected chi connectivity index (χ0v) is 12.0. The largest absolute Gasteiger partial charge is 0.396 e. The van der Waals surface area contributed by atoms with Crippen LogP contribution in [0.4, 0.5) is 0 Å². The Morgan fingerprint density at radius 1 is 1.37 bits per heavy atom. The number of aliphatic hydroxyl groups is 1. The van der Waals surface area contributed by atoms with Gasteiger partial charge in [-0.05, 0) is 49.9 Å². The molecule has 2 atom stereocenters. The number of hydrogen-bond donors (Lipinski definition) is 2. The van der Waals surface area contributed by atoms with E-state index >= 15 is 0 Å². The number of likely N-dealkylation sites (tertiary alicyclic amines) is 1. The van der Waals surface area contributed by atoms with Gasteiger partial charge in [0.05, 0.1) is 0 Å². The highest BCUT2D eigenvalue weighted by atomic mass is 35.5. The molecule has 0 saturated carbocycles. The van der Waals surface area contributed by atoms with Crippen LogP contribution in [0.2, 0.25) is 5.02 Å². The molecule has 106 valence electrons. The van der Waals surface area contributed by atoms with Crippen molar-refractivity contribution in [3.05, 3.63) is 34.9 Å². The van der Waals surface area contributed by atoms with E-state index in [-0.39, 0.29) is 12.6 Å². The van der Waals surface area contributed by atoms with Gasteiger partial charge in [0, 0.05) is 30.3 Å². The van der Waals surface area contributed by atoms with Crippen LogP contribution in [-0.2, 0) is 0 Å². The molecule has 2 unspecified atom stereocenters. The van der Waals surface area contributed by atoms with Crippen molar-refractivity contribution in [2.75, 3.05) is 19.7 Å². The maximum absolute atomic E-state index is 9.00. The van der Waals surface area contributed by atoms with Gasteiger partial charge in [-0.15, -0.1) is 0 Å². The normalized spacial score (nSPS) is 21.7. The minimum absolute atomic E-state index is 0.267. The Kier molecular flexibility index (Phi) is 5.64. The molecule has 0 spiro atoms. The van der Waals surface area contributed by atoms with E-state index < -0.39 is 0 Å². The second-order valence-electron chi connectivity index (χ2n) is 5.20. The summed E-state index contributed by atoms with van der Waals surface area (Å²) in [7, 11) is 0. The van der Waals surface area contributed by atoms with Crippen LogP contribution in [0.25, 0.3) is 0 Å². The highest BCUT2D eigenvalue weighted by molar-refractivity contribution is 6.30. The molecule has 2 rings (SSSR count). The van der Waals surface area contributed by atoms with Gasteiger partial charge >= 0.3 is 0 Å². The molecule has 1 aromatic rings. The van der Waals surface area contributed by atoms with Gasteiger partial charge in [-0.1, -0.05) is 23.7 Å². The number of nitrogens with zero attached hydrogens (tertiary/aromatic N) is 1. The lowest BCUT2D eigenvalue weighted by Gasteiger charge is -2.32. The molecule has 19 heavy (non-hydrogen) atoms. The fraction of sp³-hybridized carbons (Fsp3) is 0.600. The van der Waals surface area contributed by atoms with Crippen LogP contribution in [0.15, 0.2) is 24.3 Å². The number of halogens is 1. The van der Waals surface area contributed by atoms with E-state index in [4.69, 9.17) is 22.4 Å². The number of aliphatic hydroxyl groups excluding tert-OH is 1. The number of rotatable bonds is 6. The van der Waals surface area contributed by atoms with Gasteiger partial charge in [0.1, 0.15) is 0 Å². The minimum Gasteiger partial charge on any atom is -0.396 e. The van der Waals surface area contributed by atoms with Gasteiger partial charge in [-0.25, -0.2) is 0 Å². The van der Waals surface area contributed by atoms with Crippen LogP contribution in [0.3, 0.4) is 0 Å². The van der Waals surface area contributed by atoms with Crippen LogP contribution < -0.4 is 5.73 Å². The van der Waals surface area contributed by atoms with E-state index in [0.717, 1.165) is 24.4 Å². The average molecular weight is 283 g/mol. The van der Waals surface area contributed by atoms with Gasteiger partial charge < -0.3 is 10.8 Å². The zero-order chi connectivity index (χ0) is 13.7. The molecule has 1 aromatic carbocycles. The second kappa shape index (κ2) is 7.25. The first kappa shape index (κ1) is 14.8. The van der Waals surface area contributed by atoms with Crippen molar-refractivity contribution in [3.63, 3.8) is 0 Å². The summed E-state index contributed by atoms with van der Waals surface area (Å²) in [5, 5.41) is 9.76. The molecule has 1 heterocycles. The lowest BCUT2D eigenvalue weighted by molar-refractivity contribution is 0.165. The van der Waals surface area contributed by atoms with E-state index in [2.05, 4.69) is 17.0 Å². The predicted molar refractivity (Wildman–Crippen MR) is 79.3 cm³/mol. The van der Waals surface area contributed by atoms with Gasteiger partial charge in [-0.2, -0.15) is 0 Å². The Morgan fingerprint density at radius 3 is 2.74 bits per heavy atom. The summed E-state index contributed by atoms with van der Waals surface area (Å²) < 4.78 is 0. The number of benzene rings is 1. The summed E-state index contributed by atoms with van der Waals surface area (Å²) in [4.78, 5) is 2.50. The third-order valence-electron chi connectivity index (χ3n) is 4.00. The fourth-order valence-electron chi connectivity index (χ4n) is 3.05. The first-order valence-electron chi connectivity index (χ1n) is 7.08. The molecule has 1 fully saturated rings. The molecule has 0 aliphatic carbocycles. The van der Waals surface area contributed by atoms with E-state index in [0.29, 0.717) is 12.6 Å². The van der Waals surface area contributed by atoms with Crippen molar-refractivity contribution in [3.8, 4) is 0 Å². The lowest BCUT2D eigenvalue weighted by atomic mass is 10.0. The van der Waals surface area contributed by atoms with Crippen LogP contribution >= 0.6 is 11.6 Å². The van der Waals surface area contributed by atoms with Crippen molar-refractivity contribution < 1.29 is 5.11 Å². The van der Waals surface area contributed by atoms with Gasteiger partial charge in [0.2, 0.25) is 0 Å². The topological polar surface area (TPSA) is 49.5 Å². The molecule has 4 heteroatoms. The maximum atomic E-state index is 9.00. The molecule has 0 aromatic heterocycles. The van der Waals surface area contributed by atoms with Crippen LogP contribution in [0.5, 0.6) is 0 Å². The average Bonchev–Trinajstić information content (AvgIpc) is 2.88. The Labute approximate surface area is 120 Å². The first-order chi connectivity index (χ1) is 9.26. The lowest BCUT2D eigenvalue weighted by Crippen LogP contribution is -2.37. The maximum Gasteiger partial charge on any atom is 0.0473 e. The molecular formula is C15H23ClN2O.